The molecule has 2 heterocycles. The Balaban J connectivity index is 1.35. The number of piperazine rings is 1. The van der Waals surface area contributed by atoms with Crippen molar-refractivity contribution >= 4 is 11.5 Å². The van der Waals surface area contributed by atoms with Gasteiger partial charge in [-0.1, -0.05) is 19.9 Å². The standard InChI is InChI=1S/C24H27F3N2O3/c1-23(2)15-31-21-7-6-17(12-22(21)32-16-23)20(30)14-28-8-10-29(11-9-28)19-5-3-4-18(13-19)24(25,26)27/h3-7,12-13H,8-11,14-16H2,1-2H3. The number of hydrogen-bond acceptors (Lipinski definition) is 5. The number of anilines is 1. The van der Waals surface area contributed by atoms with Crippen LogP contribution in [-0.4, -0.2) is 56.6 Å². The molecule has 0 radical (unpaired) electrons. The van der Waals surface area contributed by atoms with Gasteiger partial charge >= 0.3 is 6.18 Å². The number of fused-ring (bicyclic) bond motifs is 1. The Morgan fingerprint density at radius 2 is 1.66 bits per heavy atom. The van der Waals surface area contributed by atoms with E-state index in [1.54, 1.807) is 24.3 Å². The summed E-state index contributed by atoms with van der Waals surface area (Å²) in [6.07, 6.45) is -4.36. The second-order valence-electron chi connectivity index (χ2n) is 9.14. The van der Waals surface area contributed by atoms with Crippen LogP contribution in [0.5, 0.6) is 11.5 Å². The number of ether oxygens (including phenoxy) is 2. The van der Waals surface area contributed by atoms with Crippen molar-refractivity contribution in [3.63, 3.8) is 0 Å². The molecule has 172 valence electrons. The Hall–Kier alpha value is -2.74. The first-order valence-corrected chi connectivity index (χ1v) is 10.7. The molecule has 32 heavy (non-hydrogen) atoms. The van der Waals surface area contributed by atoms with Crippen molar-refractivity contribution in [2.75, 3.05) is 50.8 Å². The van der Waals surface area contributed by atoms with Crippen molar-refractivity contribution in [1.29, 1.82) is 0 Å². The molecule has 0 amide bonds. The Bertz CT molecular complexity index is 983. The van der Waals surface area contributed by atoms with Gasteiger partial charge in [-0.2, -0.15) is 13.2 Å². The van der Waals surface area contributed by atoms with E-state index in [9.17, 15) is 18.0 Å². The van der Waals surface area contributed by atoms with Gasteiger partial charge in [-0.3, -0.25) is 9.69 Å². The summed E-state index contributed by atoms with van der Waals surface area (Å²) in [5, 5.41) is 0. The highest BCUT2D eigenvalue weighted by atomic mass is 19.4. The number of Topliss-reactive ketones (excluding diaryl/α,β-unsaturated/α-hetero) is 1. The van der Waals surface area contributed by atoms with E-state index in [1.807, 2.05) is 9.80 Å². The lowest BCUT2D eigenvalue weighted by molar-refractivity contribution is -0.137. The number of carbonyl (C=O) groups excluding carboxylic acids is 1. The second kappa shape index (κ2) is 8.65. The van der Waals surface area contributed by atoms with Crippen molar-refractivity contribution in [3.8, 4) is 11.5 Å². The molecule has 8 heteroatoms. The van der Waals surface area contributed by atoms with Gasteiger partial charge in [0.1, 0.15) is 0 Å². The van der Waals surface area contributed by atoms with Gasteiger partial charge in [0.05, 0.1) is 25.3 Å². The van der Waals surface area contributed by atoms with Crippen LogP contribution < -0.4 is 14.4 Å². The van der Waals surface area contributed by atoms with E-state index in [2.05, 4.69) is 13.8 Å². The van der Waals surface area contributed by atoms with Crippen LogP contribution in [0, 0.1) is 5.41 Å². The minimum atomic E-state index is -4.36. The van der Waals surface area contributed by atoms with Gasteiger partial charge in [-0.05, 0) is 36.4 Å². The summed E-state index contributed by atoms with van der Waals surface area (Å²) in [6.45, 7) is 7.74. The molecule has 1 saturated heterocycles. The van der Waals surface area contributed by atoms with Gasteiger partial charge < -0.3 is 14.4 Å². The molecule has 0 unspecified atom stereocenters. The Kier molecular flexibility index (Phi) is 6.07. The quantitative estimate of drug-likeness (QED) is 0.644. The SMILES string of the molecule is CC1(C)COc2ccc(C(=O)CN3CCN(c4cccc(C(F)(F)F)c4)CC3)cc2OC1. The molecule has 0 N–H and O–H groups in total. The minimum Gasteiger partial charge on any atom is -0.489 e. The number of hydrogen-bond donors (Lipinski definition) is 0. The van der Waals surface area contributed by atoms with Crippen LogP contribution in [0.1, 0.15) is 29.8 Å². The molecule has 2 aromatic carbocycles. The second-order valence-corrected chi connectivity index (χ2v) is 9.14. The van der Waals surface area contributed by atoms with E-state index in [0.717, 1.165) is 6.07 Å². The molecular formula is C24H27F3N2O3. The highest BCUT2D eigenvalue weighted by molar-refractivity contribution is 5.98. The number of carbonyl (C=O) groups is 1. The number of benzene rings is 2. The van der Waals surface area contributed by atoms with Crippen LogP contribution >= 0.6 is 0 Å². The van der Waals surface area contributed by atoms with E-state index in [4.69, 9.17) is 9.47 Å². The third kappa shape index (κ3) is 5.18. The van der Waals surface area contributed by atoms with Crippen LogP contribution in [0.3, 0.4) is 0 Å². The highest BCUT2D eigenvalue weighted by Gasteiger charge is 2.31. The largest absolute Gasteiger partial charge is 0.489 e. The molecule has 0 bridgehead atoms. The van der Waals surface area contributed by atoms with Crippen LogP contribution in [-0.2, 0) is 6.18 Å². The van der Waals surface area contributed by atoms with E-state index in [-0.39, 0.29) is 17.7 Å². The molecule has 0 atom stereocenters. The number of nitrogens with zero attached hydrogens (tertiary/aromatic N) is 2. The van der Waals surface area contributed by atoms with Crippen LogP contribution in [0.15, 0.2) is 42.5 Å². The van der Waals surface area contributed by atoms with Gasteiger partial charge in [0.2, 0.25) is 0 Å². The summed E-state index contributed by atoms with van der Waals surface area (Å²) in [5.74, 6) is 1.20. The van der Waals surface area contributed by atoms with Crippen molar-refractivity contribution < 1.29 is 27.4 Å². The number of rotatable bonds is 4. The van der Waals surface area contributed by atoms with Gasteiger partial charge in [-0.15, -0.1) is 0 Å². The predicted octanol–water partition coefficient (Wildman–Crippen LogP) is 4.51. The van der Waals surface area contributed by atoms with E-state index in [1.165, 1.54) is 12.1 Å². The molecule has 4 rings (SSSR count). The fourth-order valence-electron chi connectivity index (χ4n) is 3.84. The molecule has 2 aliphatic rings. The van der Waals surface area contributed by atoms with E-state index in [0.29, 0.717) is 62.1 Å². The normalized spacial score (nSPS) is 18.8. The molecular weight excluding hydrogens is 421 g/mol. The molecule has 0 saturated carbocycles. The molecule has 0 spiro atoms. The van der Waals surface area contributed by atoms with Crippen LogP contribution in [0.2, 0.25) is 0 Å². The maximum Gasteiger partial charge on any atom is 0.416 e. The zero-order valence-electron chi connectivity index (χ0n) is 18.2. The minimum absolute atomic E-state index is 0.0209. The number of ketones is 1. The third-order valence-electron chi connectivity index (χ3n) is 5.78. The van der Waals surface area contributed by atoms with Crippen molar-refractivity contribution in [2.24, 2.45) is 5.41 Å². The fraction of sp³-hybridized carbons (Fsp3) is 0.458. The maximum atomic E-state index is 13.0. The van der Waals surface area contributed by atoms with Gasteiger partial charge in [0.15, 0.2) is 17.3 Å². The molecule has 0 aromatic heterocycles. The Morgan fingerprint density at radius 1 is 0.969 bits per heavy atom. The van der Waals surface area contributed by atoms with Crippen molar-refractivity contribution in [2.45, 2.75) is 20.0 Å². The summed E-state index contributed by atoms with van der Waals surface area (Å²) in [5.41, 5.74) is 0.358. The van der Waals surface area contributed by atoms with Gasteiger partial charge in [0.25, 0.3) is 0 Å². The number of halogens is 3. The van der Waals surface area contributed by atoms with Crippen LogP contribution in [0.25, 0.3) is 0 Å². The number of alkyl halides is 3. The molecule has 2 aliphatic heterocycles. The fourth-order valence-corrected chi connectivity index (χ4v) is 3.84. The lowest BCUT2D eigenvalue weighted by atomic mass is 9.97. The Morgan fingerprint density at radius 3 is 2.34 bits per heavy atom. The lowest BCUT2D eigenvalue weighted by Crippen LogP contribution is -2.48. The van der Waals surface area contributed by atoms with Crippen LogP contribution in [0.4, 0.5) is 18.9 Å². The first-order chi connectivity index (χ1) is 15.1. The Labute approximate surface area is 185 Å². The zero-order valence-corrected chi connectivity index (χ0v) is 18.2. The van der Waals surface area contributed by atoms with Gasteiger partial charge in [-0.25, -0.2) is 0 Å². The first-order valence-electron chi connectivity index (χ1n) is 10.7. The smallest absolute Gasteiger partial charge is 0.416 e. The average molecular weight is 448 g/mol. The molecule has 2 aromatic rings. The predicted molar refractivity (Wildman–Crippen MR) is 116 cm³/mol. The molecule has 5 nitrogen and oxygen atoms in total. The van der Waals surface area contributed by atoms with E-state index >= 15 is 0 Å². The van der Waals surface area contributed by atoms with E-state index < -0.39 is 11.7 Å². The highest BCUT2D eigenvalue weighted by Crippen LogP contribution is 2.35. The third-order valence-corrected chi connectivity index (χ3v) is 5.78. The topological polar surface area (TPSA) is 42.0 Å². The lowest BCUT2D eigenvalue weighted by Gasteiger charge is -2.36. The summed E-state index contributed by atoms with van der Waals surface area (Å²) < 4.78 is 50.6. The molecule has 0 aliphatic carbocycles. The summed E-state index contributed by atoms with van der Waals surface area (Å²) in [6, 6.07) is 10.6. The van der Waals surface area contributed by atoms with Gasteiger partial charge in [0, 0.05) is 42.8 Å². The summed E-state index contributed by atoms with van der Waals surface area (Å²) in [7, 11) is 0. The summed E-state index contributed by atoms with van der Waals surface area (Å²) >= 11 is 0. The first kappa shape index (κ1) is 22.5. The molecule has 1 fully saturated rings. The van der Waals surface area contributed by atoms with Crippen molar-refractivity contribution in [1.82, 2.24) is 4.90 Å². The zero-order chi connectivity index (χ0) is 22.9. The van der Waals surface area contributed by atoms with Crippen molar-refractivity contribution in [3.05, 3.63) is 53.6 Å². The summed E-state index contributed by atoms with van der Waals surface area (Å²) in [4.78, 5) is 16.8. The average Bonchev–Trinajstić information content (AvgIpc) is 2.91. The monoisotopic (exact) mass is 448 g/mol. The maximum absolute atomic E-state index is 13.0.